The maximum absolute atomic E-state index is 11.5. The number of rotatable bonds is 3. The van der Waals surface area contributed by atoms with Gasteiger partial charge in [0.05, 0.1) is 4.90 Å². The first-order chi connectivity index (χ1) is 7.42. The molecule has 8 nitrogen and oxygen atoms in total. The fraction of sp³-hybridized carbons (Fsp3) is 0. The number of nitrogens with zero attached hydrogens (tertiary/aromatic N) is 2. The molecule has 0 heterocycles. The summed E-state index contributed by atoms with van der Waals surface area (Å²) in [4.78, 5) is 9.88. The number of nitro groups is 1. The molecule has 1 rings (SSSR count). The Labute approximate surface area is 91.0 Å². The molecule has 1 aromatic carbocycles. The molecular weight excluding hydrogens is 236 g/mol. The van der Waals surface area contributed by atoms with Crippen LogP contribution < -0.4 is 11.2 Å². The van der Waals surface area contributed by atoms with E-state index in [2.05, 4.69) is 4.40 Å². The van der Waals surface area contributed by atoms with Gasteiger partial charge in [-0.1, -0.05) is 23.6 Å². The van der Waals surface area contributed by atoms with E-state index in [4.69, 9.17) is 5.73 Å². The average Bonchev–Trinajstić information content (AvgIpc) is 2.16. The van der Waals surface area contributed by atoms with Gasteiger partial charge in [-0.15, -0.1) is 4.40 Å². The number of sulfonamides is 1. The van der Waals surface area contributed by atoms with E-state index in [0.717, 1.165) is 0 Å². The predicted molar refractivity (Wildman–Crippen MR) is 55.4 cm³/mol. The number of hydrazine groups is 1. The predicted octanol–water partition coefficient (Wildman–Crippen LogP) is -0.529. The Hall–Kier alpha value is -2.16. The molecule has 0 atom stereocenters. The van der Waals surface area contributed by atoms with E-state index in [-0.39, 0.29) is 4.90 Å². The largest absolute Gasteiger partial charge is 0.365 e. The summed E-state index contributed by atoms with van der Waals surface area (Å²) in [6.45, 7) is 0. The highest BCUT2D eigenvalue weighted by Gasteiger charge is 2.14. The number of nitrogens with one attached hydrogen (secondary N) is 1. The van der Waals surface area contributed by atoms with Crippen LogP contribution in [0.25, 0.3) is 0 Å². The van der Waals surface area contributed by atoms with E-state index < -0.39 is 21.0 Å². The lowest BCUT2D eigenvalue weighted by atomic mass is 10.4. The molecule has 0 saturated carbocycles. The number of benzene rings is 1. The molecule has 0 aliphatic rings. The van der Waals surface area contributed by atoms with E-state index >= 15 is 0 Å². The summed E-state index contributed by atoms with van der Waals surface area (Å²) < 4.78 is 26.0. The van der Waals surface area contributed by atoms with Crippen LogP contribution in [-0.2, 0) is 10.0 Å². The Balaban J connectivity index is 3.01. The quantitative estimate of drug-likeness (QED) is 0.318. The molecule has 0 bridgehead atoms. The number of guanidine groups is 1. The van der Waals surface area contributed by atoms with Crippen LogP contribution in [0.1, 0.15) is 0 Å². The third kappa shape index (κ3) is 3.20. The molecule has 0 aromatic heterocycles. The van der Waals surface area contributed by atoms with Crippen LogP contribution in [0.5, 0.6) is 0 Å². The monoisotopic (exact) mass is 244 g/mol. The SMILES string of the molecule is NC(=NS(=O)(=O)c1ccccc1)N[N+](=O)[O-]. The molecule has 9 heteroatoms. The summed E-state index contributed by atoms with van der Waals surface area (Å²) in [5.74, 6) is -0.797. The lowest BCUT2D eigenvalue weighted by molar-refractivity contribution is -0.525. The van der Waals surface area contributed by atoms with Crippen LogP contribution in [0.2, 0.25) is 0 Å². The maximum Gasteiger partial charge on any atom is 0.285 e. The van der Waals surface area contributed by atoms with Crippen LogP contribution >= 0.6 is 0 Å². The number of hydrogen-bond donors (Lipinski definition) is 2. The number of hydrogen-bond acceptors (Lipinski definition) is 4. The maximum atomic E-state index is 11.5. The lowest BCUT2D eigenvalue weighted by Crippen LogP contribution is -2.36. The second-order valence-electron chi connectivity index (χ2n) is 2.63. The summed E-state index contributed by atoms with van der Waals surface area (Å²) in [7, 11) is -4.01. The van der Waals surface area contributed by atoms with Gasteiger partial charge >= 0.3 is 0 Å². The van der Waals surface area contributed by atoms with Crippen LogP contribution in [0, 0.1) is 10.1 Å². The highest BCUT2D eigenvalue weighted by atomic mass is 32.2. The molecule has 16 heavy (non-hydrogen) atoms. The van der Waals surface area contributed by atoms with Crippen molar-refractivity contribution in [1.82, 2.24) is 5.43 Å². The molecular formula is C7H8N4O4S. The van der Waals surface area contributed by atoms with Crippen molar-refractivity contribution in [1.29, 1.82) is 0 Å². The van der Waals surface area contributed by atoms with E-state index in [1.165, 1.54) is 29.7 Å². The van der Waals surface area contributed by atoms with Gasteiger partial charge in [-0.2, -0.15) is 8.42 Å². The van der Waals surface area contributed by atoms with Gasteiger partial charge in [-0.3, -0.25) is 0 Å². The minimum Gasteiger partial charge on any atom is -0.365 e. The molecule has 0 fully saturated rings. The van der Waals surface area contributed by atoms with E-state index in [9.17, 15) is 18.5 Å². The van der Waals surface area contributed by atoms with Gasteiger partial charge in [0.15, 0.2) is 5.03 Å². The Bertz CT molecular complexity index is 510. The summed E-state index contributed by atoms with van der Waals surface area (Å²) >= 11 is 0. The van der Waals surface area contributed by atoms with Gasteiger partial charge < -0.3 is 5.73 Å². The zero-order valence-electron chi connectivity index (χ0n) is 7.90. The van der Waals surface area contributed by atoms with Gasteiger partial charge in [0, 0.05) is 0 Å². The van der Waals surface area contributed by atoms with Crippen molar-refractivity contribution in [3.63, 3.8) is 0 Å². The summed E-state index contributed by atoms with van der Waals surface area (Å²) in [6, 6.07) is 7.23. The zero-order valence-corrected chi connectivity index (χ0v) is 8.72. The van der Waals surface area contributed by atoms with Crippen molar-refractivity contribution in [2.24, 2.45) is 10.1 Å². The van der Waals surface area contributed by atoms with Crippen molar-refractivity contribution >= 4 is 16.0 Å². The van der Waals surface area contributed by atoms with E-state index in [1.807, 2.05) is 0 Å². The fourth-order valence-corrected chi connectivity index (χ4v) is 1.79. The van der Waals surface area contributed by atoms with Crippen LogP contribution in [0.4, 0.5) is 0 Å². The molecule has 0 unspecified atom stereocenters. The standard InChI is InChI=1S/C7H8N4O4S/c8-7(9-11(12)13)10-16(14,15)6-4-2-1-3-5-6/h1-5H,(H3,8,9,10). The summed E-state index contributed by atoms with van der Waals surface area (Å²) in [5.41, 5.74) is 6.46. The smallest absolute Gasteiger partial charge is 0.285 e. The van der Waals surface area contributed by atoms with Crippen LogP contribution in [0.3, 0.4) is 0 Å². The first-order valence-electron chi connectivity index (χ1n) is 3.98. The van der Waals surface area contributed by atoms with Crippen LogP contribution in [-0.4, -0.2) is 19.4 Å². The topological polar surface area (TPSA) is 128 Å². The normalized spacial score (nSPS) is 12.1. The Morgan fingerprint density at radius 2 is 1.94 bits per heavy atom. The Morgan fingerprint density at radius 1 is 1.38 bits per heavy atom. The number of nitrogens with two attached hydrogens (primary N) is 1. The average molecular weight is 244 g/mol. The van der Waals surface area contributed by atoms with Crippen LogP contribution in [0.15, 0.2) is 39.6 Å². The second-order valence-corrected chi connectivity index (χ2v) is 4.24. The van der Waals surface area contributed by atoms with E-state index in [1.54, 1.807) is 6.07 Å². The first-order valence-corrected chi connectivity index (χ1v) is 5.42. The zero-order chi connectivity index (χ0) is 12.2. The Morgan fingerprint density at radius 3 is 2.44 bits per heavy atom. The van der Waals surface area contributed by atoms with Gasteiger partial charge in [0.2, 0.25) is 0 Å². The second kappa shape index (κ2) is 4.57. The molecule has 0 amide bonds. The van der Waals surface area contributed by atoms with Gasteiger partial charge in [0.1, 0.15) is 0 Å². The lowest BCUT2D eigenvalue weighted by Gasteiger charge is -1.99. The van der Waals surface area contributed by atoms with Crippen molar-refractivity contribution in [2.45, 2.75) is 4.90 Å². The van der Waals surface area contributed by atoms with Gasteiger partial charge in [-0.25, -0.2) is 10.1 Å². The molecule has 0 radical (unpaired) electrons. The molecule has 1 aromatic rings. The molecule has 86 valence electrons. The summed E-state index contributed by atoms with van der Waals surface area (Å²) in [5, 5.41) is 8.97. The molecule has 0 spiro atoms. The third-order valence-corrected chi connectivity index (χ3v) is 2.77. The highest BCUT2D eigenvalue weighted by molar-refractivity contribution is 7.90. The van der Waals surface area contributed by atoms with Gasteiger partial charge in [0.25, 0.3) is 16.0 Å². The van der Waals surface area contributed by atoms with Crippen molar-refractivity contribution in [3.8, 4) is 0 Å². The molecule has 0 saturated heterocycles. The Kier molecular flexibility index (Phi) is 3.40. The molecule has 0 aliphatic heterocycles. The van der Waals surface area contributed by atoms with Crippen molar-refractivity contribution < 1.29 is 13.5 Å². The molecule has 0 aliphatic carbocycles. The van der Waals surface area contributed by atoms with Crippen molar-refractivity contribution in [3.05, 3.63) is 40.4 Å². The minimum absolute atomic E-state index is 0.0944. The third-order valence-electron chi connectivity index (χ3n) is 1.47. The highest BCUT2D eigenvalue weighted by Crippen LogP contribution is 2.10. The van der Waals surface area contributed by atoms with Gasteiger partial charge in [-0.05, 0) is 12.1 Å². The van der Waals surface area contributed by atoms with E-state index in [0.29, 0.717) is 0 Å². The first kappa shape index (κ1) is 11.9. The molecule has 3 N–H and O–H groups in total. The minimum atomic E-state index is -4.01. The van der Waals surface area contributed by atoms with Crippen molar-refractivity contribution in [2.75, 3.05) is 0 Å². The summed E-state index contributed by atoms with van der Waals surface area (Å²) in [6.07, 6.45) is 0. The fourth-order valence-electron chi connectivity index (χ4n) is 0.889.